The Labute approximate surface area is 249 Å². The van der Waals surface area contributed by atoms with Crippen molar-refractivity contribution in [1.29, 1.82) is 0 Å². The molecule has 0 saturated carbocycles. The van der Waals surface area contributed by atoms with Crippen molar-refractivity contribution >= 4 is 35.0 Å². The Balaban J connectivity index is 1.21. The maximum Gasteiger partial charge on any atom is 0.253 e. The van der Waals surface area contributed by atoms with Crippen LogP contribution in [0.15, 0.2) is 48.5 Å². The molecule has 5 rings (SSSR count). The number of halogens is 1. The molecule has 8 heteroatoms. The van der Waals surface area contributed by atoms with Gasteiger partial charge in [-0.15, -0.1) is 0 Å². The van der Waals surface area contributed by atoms with Crippen molar-refractivity contribution < 1.29 is 14.4 Å². The van der Waals surface area contributed by atoms with Crippen molar-refractivity contribution in [3.8, 4) is 0 Å². The molecule has 0 bridgehead atoms. The second kappa shape index (κ2) is 11.8. The van der Waals surface area contributed by atoms with Crippen LogP contribution in [0.1, 0.15) is 56.0 Å². The first-order chi connectivity index (χ1) is 19.5. The van der Waals surface area contributed by atoms with Crippen LogP contribution in [0, 0.1) is 23.7 Å². The molecule has 0 aliphatic carbocycles. The summed E-state index contributed by atoms with van der Waals surface area (Å²) in [5.74, 6) is 0.223. The quantitative estimate of drug-likeness (QED) is 0.458. The van der Waals surface area contributed by atoms with Gasteiger partial charge in [-0.05, 0) is 62.6 Å². The second-order valence-corrected chi connectivity index (χ2v) is 13.3. The van der Waals surface area contributed by atoms with E-state index in [0.717, 1.165) is 56.0 Å². The molecule has 0 unspecified atom stereocenters. The lowest BCUT2D eigenvalue weighted by atomic mass is 9.71. The molecule has 0 aromatic heterocycles. The van der Waals surface area contributed by atoms with Gasteiger partial charge in [0.1, 0.15) is 0 Å². The molecule has 0 N–H and O–H groups in total. The number of benzene rings is 2. The summed E-state index contributed by atoms with van der Waals surface area (Å²) in [4.78, 5) is 47.1. The minimum absolute atomic E-state index is 0.0299. The Morgan fingerprint density at radius 2 is 1.56 bits per heavy atom. The first kappa shape index (κ1) is 29.6. The van der Waals surface area contributed by atoms with Crippen LogP contribution in [0.25, 0.3) is 0 Å². The largest absolute Gasteiger partial charge is 0.343 e. The number of aryl methyl sites for hydroxylation is 1. The minimum atomic E-state index is -0.0946. The standard InChI is InChI=1S/C33H43ClN4O3/c1-24-11-12-28(19-29(24)34)38(31(41)27-13-17-36(18-14-27)25(2)39)16-8-15-35-20-32(3)22-37(23-33(32,4)21-35)30(40)26-9-6-5-7-10-26/h5-7,9-12,19,27H,8,13-18,20-23H2,1-4H3/t32-,33+. The topological polar surface area (TPSA) is 64.2 Å². The van der Waals surface area contributed by atoms with E-state index in [-0.39, 0.29) is 34.5 Å². The summed E-state index contributed by atoms with van der Waals surface area (Å²) in [6.07, 6.45) is 2.23. The predicted octanol–water partition coefficient (Wildman–Crippen LogP) is 5.11. The zero-order valence-corrected chi connectivity index (χ0v) is 25.6. The number of likely N-dealkylation sites (tertiary alicyclic amines) is 3. The number of carbonyl (C=O) groups excluding carboxylic acids is 3. The second-order valence-electron chi connectivity index (χ2n) is 12.9. The van der Waals surface area contributed by atoms with Crippen molar-refractivity contribution in [3.63, 3.8) is 0 Å². The first-order valence-electron chi connectivity index (χ1n) is 14.9. The Kier molecular flexibility index (Phi) is 8.49. The van der Waals surface area contributed by atoms with Crippen molar-refractivity contribution in [2.24, 2.45) is 16.7 Å². The summed E-state index contributed by atoms with van der Waals surface area (Å²) in [6.45, 7) is 14.4. The normalized spacial score (nSPS) is 24.9. The molecule has 220 valence electrons. The lowest BCUT2D eigenvalue weighted by molar-refractivity contribution is -0.133. The highest BCUT2D eigenvalue weighted by Crippen LogP contribution is 2.51. The summed E-state index contributed by atoms with van der Waals surface area (Å²) in [7, 11) is 0. The molecular formula is C33H43ClN4O3. The van der Waals surface area contributed by atoms with E-state index < -0.39 is 0 Å². The summed E-state index contributed by atoms with van der Waals surface area (Å²) in [5, 5.41) is 0.662. The highest BCUT2D eigenvalue weighted by molar-refractivity contribution is 6.31. The number of anilines is 1. The zero-order valence-electron chi connectivity index (χ0n) is 24.9. The molecule has 3 fully saturated rings. The van der Waals surface area contributed by atoms with E-state index in [1.54, 1.807) is 6.92 Å². The molecule has 3 aliphatic rings. The van der Waals surface area contributed by atoms with Gasteiger partial charge in [-0.2, -0.15) is 0 Å². The van der Waals surface area contributed by atoms with Gasteiger partial charge in [0.05, 0.1) is 0 Å². The third-order valence-corrected chi connectivity index (χ3v) is 10.3. The van der Waals surface area contributed by atoms with Crippen molar-refractivity contribution in [1.82, 2.24) is 14.7 Å². The van der Waals surface area contributed by atoms with Crippen LogP contribution in [0.3, 0.4) is 0 Å². The van der Waals surface area contributed by atoms with Gasteiger partial charge < -0.3 is 19.6 Å². The van der Waals surface area contributed by atoms with Crippen LogP contribution in [0.5, 0.6) is 0 Å². The van der Waals surface area contributed by atoms with Gasteiger partial charge in [0.15, 0.2) is 0 Å². The highest BCUT2D eigenvalue weighted by atomic mass is 35.5. The monoisotopic (exact) mass is 578 g/mol. The molecule has 2 atom stereocenters. The summed E-state index contributed by atoms with van der Waals surface area (Å²) >= 11 is 6.48. The molecule has 41 heavy (non-hydrogen) atoms. The lowest BCUT2D eigenvalue weighted by Gasteiger charge is -2.34. The molecule has 3 heterocycles. The molecule has 2 aromatic rings. The first-order valence-corrected chi connectivity index (χ1v) is 15.3. The van der Waals surface area contributed by atoms with Crippen LogP contribution < -0.4 is 4.90 Å². The summed E-state index contributed by atoms with van der Waals surface area (Å²) in [6, 6.07) is 15.4. The van der Waals surface area contributed by atoms with Gasteiger partial charge in [-0.25, -0.2) is 0 Å². The van der Waals surface area contributed by atoms with E-state index in [4.69, 9.17) is 11.6 Å². The van der Waals surface area contributed by atoms with E-state index >= 15 is 0 Å². The fraction of sp³-hybridized carbons (Fsp3) is 0.545. The van der Waals surface area contributed by atoms with Crippen molar-refractivity contribution in [2.45, 2.75) is 47.0 Å². The van der Waals surface area contributed by atoms with Crippen LogP contribution in [-0.2, 0) is 9.59 Å². The van der Waals surface area contributed by atoms with E-state index in [1.807, 2.05) is 70.2 Å². The molecule has 2 aromatic carbocycles. The highest BCUT2D eigenvalue weighted by Gasteiger charge is 2.58. The Morgan fingerprint density at radius 1 is 0.927 bits per heavy atom. The minimum Gasteiger partial charge on any atom is -0.343 e. The molecular weight excluding hydrogens is 536 g/mol. The number of hydrogen-bond donors (Lipinski definition) is 0. The van der Waals surface area contributed by atoms with E-state index in [9.17, 15) is 14.4 Å². The lowest BCUT2D eigenvalue weighted by Crippen LogP contribution is -2.44. The molecule has 3 saturated heterocycles. The van der Waals surface area contributed by atoms with Gasteiger partial charge in [0, 0.05) is 85.8 Å². The van der Waals surface area contributed by atoms with Crippen molar-refractivity contribution in [2.75, 3.05) is 57.3 Å². The average molecular weight is 579 g/mol. The van der Waals surface area contributed by atoms with Gasteiger partial charge >= 0.3 is 0 Å². The Bertz CT molecular complexity index is 1270. The fourth-order valence-electron chi connectivity index (χ4n) is 7.10. The SMILES string of the molecule is CC(=O)N1CCC(C(=O)N(CCCN2C[C@@]3(C)CN(C(=O)c4ccccc4)C[C@@]3(C)C2)c2ccc(C)c(Cl)c2)CC1. The molecule has 3 amide bonds. The number of nitrogens with zero attached hydrogens (tertiary/aromatic N) is 4. The smallest absolute Gasteiger partial charge is 0.253 e. The van der Waals surface area contributed by atoms with Crippen LogP contribution >= 0.6 is 11.6 Å². The van der Waals surface area contributed by atoms with Gasteiger partial charge in [0.25, 0.3) is 5.91 Å². The van der Waals surface area contributed by atoms with Gasteiger partial charge in [-0.1, -0.05) is 49.7 Å². The number of hydrogen-bond acceptors (Lipinski definition) is 4. The van der Waals surface area contributed by atoms with Crippen molar-refractivity contribution in [3.05, 3.63) is 64.7 Å². The molecule has 0 spiro atoms. The average Bonchev–Trinajstić information content (AvgIpc) is 3.35. The van der Waals surface area contributed by atoms with Crippen LogP contribution in [0.4, 0.5) is 5.69 Å². The number of fused-ring (bicyclic) bond motifs is 1. The Morgan fingerprint density at radius 3 is 2.15 bits per heavy atom. The van der Waals surface area contributed by atoms with Crippen LogP contribution in [0.2, 0.25) is 5.02 Å². The van der Waals surface area contributed by atoms with Gasteiger partial charge in [-0.3, -0.25) is 14.4 Å². The summed E-state index contributed by atoms with van der Waals surface area (Å²) < 4.78 is 0. The predicted molar refractivity (Wildman–Crippen MR) is 163 cm³/mol. The van der Waals surface area contributed by atoms with E-state index in [2.05, 4.69) is 18.7 Å². The van der Waals surface area contributed by atoms with E-state index in [1.165, 1.54) is 0 Å². The zero-order chi connectivity index (χ0) is 29.4. The molecule has 7 nitrogen and oxygen atoms in total. The number of rotatable bonds is 7. The summed E-state index contributed by atoms with van der Waals surface area (Å²) in [5.41, 5.74) is 2.64. The third-order valence-electron chi connectivity index (χ3n) is 9.87. The fourth-order valence-corrected chi connectivity index (χ4v) is 7.27. The molecule has 0 radical (unpaired) electrons. The maximum absolute atomic E-state index is 13.8. The third kappa shape index (κ3) is 6.02. The number of amides is 3. The van der Waals surface area contributed by atoms with Gasteiger partial charge in [0.2, 0.25) is 11.8 Å². The number of carbonyl (C=O) groups is 3. The molecule has 3 aliphatic heterocycles. The van der Waals surface area contributed by atoms with Crippen LogP contribution in [-0.4, -0.2) is 84.8 Å². The number of piperidine rings is 1. The Hall–Kier alpha value is -2.90. The van der Waals surface area contributed by atoms with E-state index in [0.29, 0.717) is 37.5 Å². The maximum atomic E-state index is 13.8.